The molecule has 2 N–H and O–H groups in total. The van der Waals surface area contributed by atoms with Crippen molar-refractivity contribution < 1.29 is 13.3 Å². The van der Waals surface area contributed by atoms with E-state index in [1.54, 1.807) is 0 Å². The van der Waals surface area contributed by atoms with Crippen LogP contribution in [0.15, 0.2) is 27.2 Å². The molecule has 0 unspecified atom stereocenters. The van der Waals surface area contributed by atoms with Crippen LogP contribution in [-0.2, 0) is 6.54 Å². The molecule has 2 rings (SSSR count). The highest BCUT2D eigenvalue weighted by molar-refractivity contribution is 9.10. The molecule has 0 saturated carbocycles. The number of aromatic nitrogens is 1. The first kappa shape index (κ1) is 11.2. The van der Waals surface area contributed by atoms with Crippen molar-refractivity contribution in [2.45, 2.75) is 6.54 Å². The summed E-state index contributed by atoms with van der Waals surface area (Å²) in [7, 11) is 0. The van der Waals surface area contributed by atoms with E-state index < -0.39 is 11.6 Å². The van der Waals surface area contributed by atoms with Gasteiger partial charge in [-0.3, -0.25) is 0 Å². The van der Waals surface area contributed by atoms with Crippen LogP contribution in [0.4, 0.5) is 8.78 Å². The summed E-state index contributed by atoms with van der Waals surface area (Å²) in [5, 5.41) is 3.56. The molecule has 6 heteroatoms. The Balaban J connectivity index is 2.55. The van der Waals surface area contributed by atoms with Crippen LogP contribution in [0.5, 0.6) is 0 Å². The van der Waals surface area contributed by atoms with E-state index in [0.29, 0.717) is 10.2 Å². The van der Waals surface area contributed by atoms with Gasteiger partial charge in [0.15, 0.2) is 5.76 Å². The van der Waals surface area contributed by atoms with E-state index in [4.69, 9.17) is 10.3 Å². The topological polar surface area (TPSA) is 52.0 Å². The summed E-state index contributed by atoms with van der Waals surface area (Å²) in [6.45, 7) is 0.132. The maximum Gasteiger partial charge on any atom is 0.150 e. The fourth-order valence-corrected chi connectivity index (χ4v) is 1.72. The third-order valence-corrected chi connectivity index (χ3v) is 2.48. The van der Waals surface area contributed by atoms with Gasteiger partial charge in [0.25, 0.3) is 0 Å². The Kier molecular flexibility index (Phi) is 3.02. The molecule has 16 heavy (non-hydrogen) atoms. The summed E-state index contributed by atoms with van der Waals surface area (Å²) < 4.78 is 32.2. The van der Waals surface area contributed by atoms with E-state index >= 15 is 0 Å². The minimum Gasteiger partial charge on any atom is -0.359 e. The average molecular weight is 289 g/mol. The third-order valence-electron chi connectivity index (χ3n) is 2.02. The van der Waals surface area contributed by atoms with Crippen molar-refractivity contribution in [3.8, 4) is 11.3 Å². The second-order valence-corrected chi connectivity index (χ2v) is 4.04. The summed E-state index contributed by atoms with van der Waals surface area (Å²) in [6.07, 6.45) is 0. The fraction of sp³-hybridized carbons (Fsp3) is 0.100. The number of nitrogens with zero attached hydrogens (tertiary/aromatic N) is 1. The summed E-state index contributed by atoms with van der Waals surface area (Å²) in [5.74, 6) is -1.04. The normalized spacial score (nSPS) is 10.8. The van der Waals surface area contributed by atoms with Crippen LogP contribution in [0.1, 0.15) is 5.76 Å². The summed E-state index contributed by atoms with van der Waals surface area (Å²) in [6, 6.07) is 3.74. The molecule has 0 aliphatic carbocycles. The van der Waals surface area contributed by atoms with Gasteiger partial charge in [0.2, 0.25) is 0 Å². The Hall–Kier alpha value is -1.27. The van der Waals surface area contributed by atoms with E-state index in [2.05, 4.69) is 21.1 Å². The molecule has 1 aromatic heterocycles. The lowest BCUT2D eigenvalue weighted by Gasteiger charge is -2.01. The van der Waals surface area contributed by atoms with Crippen LogP contribution in [0.25, 0.3) is 11.3 Å². The standard InChI is InChI=1S/C10H7BrF2N2O/c11-5-1-7(12)10(8(13)2-5)9-3-6(4-14)16-15-9/h1-3H,4,14H2. The van der Waals surface area contributed by atoms with E-state index in [1.807, 2.05) is 0 Å². The lowest BCUT2D eigenvalue weighted by molar-refractivity contribution is 0.386. The SMILES string of the molecule is NCc1cc(-c2c(F)cc(Br)cc2F)no1. The lowest BCUT2D eigenvalue weighted by Crippen LogP contribution is -1.93. The predicted molar refractivity (Wildman–Crippen MR) is 57.4 cm³/mol. The van der Waals surface area contributed by atoms with Gasteiger partial charge in [-0.2, -0.15) is 0 Å². The number of hydrogen-bond acceptors (Lipinski definition) is 3. The van der Waals surface area contributed by atoms with Gasteiger partial charge in [0.05, 0.1) is 12.1 Å². The van der Waals surface area contributed by atoms with Crippen LogP contribution >= 0.6 is 15.9 Å². The van der Waals surface area contributed by atoms with Crippen LogP contribution in [-0.4, -0.2) is 5.16 Å². The molecule has 0 amide bonds. The van der Waals surface area contributed by atoms with Crippen molar-refractivity contribution in [1.82, 2.24) is 5.16 Å². The number of nitrogens with two attached hydrogens (primary N) is 1. The Bertz CT molecular complexity index is 504. The van der Waals surface area contributed by atoms with E-state index in [0.717, 1.165) is 12.1 Å². The zero-order chi connectivity index (χ0) is 11.7. The zero-order valence-corrected chi connectivity index (χ0v) is 9.59. The summed E-state index contributed by atoms with van der Waals surface area (Å²) in [4.78, 5) is 0. The van der Waals surface area contributed by atoms with Crippen molar-refractivity contribution >= 4 is 15.9 Å². The molecule has 0 aliphatic heterocycles. The molecule has 0 atom stereocenters. The maximum absolute atomic E-state index is 13.5. The molecule has 1 aromatic carbocycles. The monoisotopic (exact) mass is 288 g/mol. The Morgan fingerprint density at radius 3 is 2.38 bits per heavy atom. The summed E-state index contributed by atoms with van der Waals surface area (Å²) >= 11 is 2.99. The number of benzene rings is 1. The maximum atomic E-state index is 13.5. The first-order valence-corrected chi connectivity index (χ1v) is 5.21. The molecule has 3 nitrogen and oxygen atoms in total. The van der Waals surface area contributed by atoms with Gasteiger partial charge in [-0.1, -0.05) is 21.1 Å². The van der Waals surface area contributed by atoms with Crippen LogP contribution in [0, 0.1) is 11.6 Å². The molecule has 2 aromatic rings. The average Bonchev–Trinajstić information content (AvgIpc) is 2.64. The van der Waals surface area contributed by atoms with Gasteiger partial charge in [0, 0.05) is 10.5 Å². The smallest absolute Gasteiger partial charge is 0.150 e. The molecular weight excluding hydrogens is 282 g/mol. The van der Waals surface area contributed by atoms with Gasteiger partial charge in [-0.05, 0) is 12.1 Å². The van der Waals surface area contributed by atoms with Crippen molar-refractivity contribution in [3.63, 3.8) is 0 Å². The minimum atomic E-state index is -0.705. The highest BCUT2D eigenvalue weighted by Crippen LogP contribution is 2.28. The van der Waals surface area contributed by atoms with Gasteiger partial charge >= 0.3 is 0 Å². The van der Waals surface area contributed by atoms with Crippen molar-refractivity contribution in [2.24, 2.45) is 5.73 Å². The van der Waals surface area contributed by atoms with E-state index in [1.165, 1.54) is 6.07 Å². The second kappa shape index (κ2) is 4.31. The molecule has 0 bridgehead atoms. The highest BCUT2D eigenvalue weighted by Gasteiger charge is 2.16. The van der Waals surface area contributed by atoms with Crippen molar-refractivity contribution in [1.29, 1.82) is 0 Å². The predicted octanol–water partition coefficient (Wildman–Crippen LogP) is 2.84. The first-order chi connectivity index (χ1) is 7.61. The van der Waals surface area contributed by atoms with Crippen LogP contribution in [0.3, 0.4) is 0 Å². The van der Waals surface area contributed by atoms with Crippen LogP contribution in [0.2, 0.25) is 0 Å². The Labute approximate surface area is 98.4 Å². The molecule has 0 saturated heterocycles. The van der Waals surface area contributed by atoms with Crippen molar-refractivity contribution in [3.05, 3.63) is 40.1 Å². The quantitative estimate of drug-likeness (QED) is 0.924. The minimum absolute atomic E-state index is 0.1000. The van der Waals surface area contributed by atoms with Gasteiger partial charge < -0.3 is 10.3 Å². The molecule has 0 spiro atoms. The molecule has 0 fully saturated rings. The summed E-state index contributed by atoms with van der Waals surface area (Å²) in [5.41, 5.74) is 5.20. The van der Waals surface area contributed by atoms with E-state index in [9.17, 15) is 8.78 Å². The van der Waals surface area contributed by atoms with Crippen molar-refractivity contribution in [2.75, 3.05) is 0 Å². The third kappa shape index (κ3) is 1.98. The molecule has 84 valence electrons. The highest BCUT2D eigenvalue weighted by atomic mass is 79.9. The van der Waals surface area contributed by atoms with Gasteiger partial charge in [-0.15, -0.1) is 0 Å². The number of rotatable bonds is 2. The number of hydrogen-bond donors (Lipinski definition) is 1. The molecule has 0 radical (unpaired) electrons. The van der Waals surface area contributed by atoms with Gasteiger partial charge in [0.1, 0.15) is 17.3 Å². The van der Waals surface area contributed by atoms with Gasteiger partial charge in [-0.25, -0.2) is 8.78 Å². The second-order valence-electron chi connectivity index (χ2n) is 3.13. The molecule has 1 heterocycles. The lowest BCUT2D eigenvalue weighted by atomic mass is 10.1. The largest absolute Gasteiger partial charge is 0.359 e. The van der Waals surface area contributed by atoms with Crippen LogP contribution < -0.4 is 5.73 Å². The van der Waals surface area contributed by atoms with E-state index in [-0.39, 0.29) is 17.8 Å². The Morgan fingerprint density at radius 1 is 1.25 bits per heavy atom. The zero-order valence-electron chi connectivity index (χ0n) is 8.01. The first-order valence-electron chi connectivity index (χ1n) is 4.42. The Morgan fingerprint density at radius 2 is 1.88 bits per heavy atom. The molecular formula is C10H7BrF2N2O. The molecule has 0 aliphatic rings. The number of halogens is 3. The fourth-order valence-electron chi connectivity index (χ4n) is 1.31.